The third-order valence-corrected chi connectivity index (χ3v) is 1.97. The summed E-state index contributed by atoms with van der Waals surface area (Å²) in [5.41, 5.74) is 8.45. The molecule has 1 aliphatic rings. The van der Waals surface area contributed by atoms with Gasteiger partial charge in [0.05, 0.1) is 18.9 Å². The fourth-order valence-corrected chi connectivity index (χ4v) is 1.18. The molecule has 0 saturated carbocycles. The molecule has 0 radical (unpaired) electrons. The van der Waals surface area contributed by atoms with Gasteiger partial charge in [0.15, 0.2) is 0 Å². The average molecular weight is 209 g/mol. The quantitative estimate of drug-likeness (QED) is 0.436. The first-order valence-corrected chi connectivity index (χ1v) is 4.38. The third kappa shape index (κ3) is 2.18. The van der Waals surface area contributed by atoms with E-state index in [9.17, 15) is 4.39 Å². The van der Waals surface area contributed by atoms with Gasteiger partial charge in [-0.05, 0) is 23.7 Å². The van der Waals surface area contributed by atoms with Gasteiger partial charge in [-0.1, -0.05) is 5.11 Å². The number of ether oxygens (including phenoxy) is 2. The van der Waals surface area contributed by atoms with E-state index in [-0.39, 0.29) is 11.8 Å². The van der Waals surface area contributed by atoms with Crippen LogP contribution in [0, 0.1) is 5.82 Å². The molecular weight excluding hydrogens is 201 g/mol. The molecule has 78 valence electrons. The molecule has 1 aliphatic heterocycles. The van der Waals surface area contributed by atoms with Gasteiger partial charge in [-0.2, -0.15) is 0 Å². The minimum atomic E-state index is -0.463. The van der Waals surface area contributed by atoms with E-state index in [4.69, 9.17) is 15.0 Å². The highest BCUT2D eigenvalue weighted by atomic mass is 19.1. The van der Waals surface area contributed by atoms with Crippen molar-refractivity contribution in [3.8, 4) is 5.75 Å². The van der Waals surface area contributed by atoms with Gasteiger partial charge in [-0.25, -0.2) is 4.39 Å². The first-order valence-electron chi connectivity index (χ1n) is 4.38. The fraction of sp³-hybridized carbons (Fsp3) is 0.333. The van der Waals surface area contributed by atoms with E-state index in [0.717, 1.165) is 6.07 Å². The predicted octanol–water partition coefficient (Wildman–Crippen LogP) is 2.55. The fourth-order valence-electron chi connectivity index (χ4n) is 1.18. The maximum atomic E-state index is 12.8. The Morgan fingerprint density at radius 1 is 1.53 bits per heavy atom. The van der Waals surface area contributed by atoms with Gasteiger partial charge in [0.1, 0.15) is 17.7 Å². The molecule has 0 amide bonds. The molecule has 0 unspecified atom stereocenters. The summed E-state index contributed by atoms with van der Waals surface area (Å²) in [4.78, 5) is 2.61. The molecule has 1 aromatic rings. The molecule has 5 nitrogen and oxygen atoms in total. The molecule has 6 heteroatoms. The highest BCUT2D eigenvalue weighted by Gasteiger charge is 2.21. The van der Waals surface area contributed by atoms with E-state index in [1.165, 1.54) is 12.1 Å². The summed E-state index contributed by atoms with van der Waals surface area (Å²) in [6.45, 7) is 1.01. The third-order valence-electron chi connectivity index (χ3n) is 1.97. The molecule has 1 saturated heterocycles. The van der Waals surface area contributed by atoms with Crippen molar-refractivity contribution in [3.05, 3.63) is 34.5 Å². The van der Waals surface area contributed by atoms with Gasteiger partial charge < -0.3 is 9.47 Å². The van der Waals surface area contributed by atoms with Crippen molar-refractivity contribution in [2.45, 2.75) is 6.10 Å². The van der Waals surface area contributed by atoms with Gasteiger partial charge >= 0.3 is 0 Å². The lowest BCUT2D eigenvalue weighted by Gasteiger charge is -2.27. The van der Waals surface area contributed by atoms with Gasteiger partial charge in [0.25, 0.3) is 0 Å². The van der Waals surface area contributed by atoms with E-state index in [2.05, 4.69) is 10.0 Å². The second-order valence-electron chi connectivity index (χ2n) is 3.08. The van der Waals surface area contributed by atoms with Crippen LogP contribution in [0.1, 0.15) is 0 Å². The van der Waals surface area contributed by atoms with Crippen LogP contribution in [0.3, 0.4) is 0 Å². The highest BCUT2D eigenvalue weighted by molar-refractivity contribution is 5.51. The summed E-state index contributed by atoms with van der Waals surface area (Å²) in [7, 11) is 0. The molecule has 1 aromatic carbocycles. The molecular formula is C9H8FN3O2. The van der Waals surface area contributed by atoms with Crippen molar-refractivity contribution in [2.24, 2.45) is 5.11 Å². The molecule has 0 N–H and O–H groups in total. The molecule has 0 aliphatic carbocycles. The lowest BCUT2D eigenvalue weighted by Crippen LogP contribution is -2.38. The van der Waals surface area contributed by atoms with Gasteiger partial charge in [0, 0.05) is 4.91 Å². The first-order chi connectivity index (χ1) is 7.29. The van der Waals surface area contributed by atoms with Crippen molar-refractivity contribution in [3.63, 3.8) is 0 Å². The van der Waals surface area contributed by atoms with Crippen LogP contribution in [0.15, 0.2) is 23.3 Å². The van der Waals surface area contributed by atoms with Crippen LogP contribution in [-0.4, -0.2) is 19.3 Å². The van der Waals surface area contributed by atoms with Crippen molar-refractivity contribution in [1.29, 1.82) is 0 Å². The van der Waals surface area contributed by atoms with Crippen LogP contribution in [-0.2, 0) is 4.74 Å². The zero-order valence-electron chi connectivity index (χ0n) is 7.76. The number of benzene rings is 1. The first kappa shape index (κ1) is 9.76. The average Bonchev–Trinajstić information content (AvgIpc) is 2.14. The summed E-state index contributed by atoms with van der Waals surface area (Å²) in [6.07, 6.45) is -0.0388. The van der Waals surface area contributed by atoms with Crippen LogP contribution in [0.2, 0.25) is 0 Å². The standard InChI is InChI=1S/C9H8FN3O2/c10-6-1-2-9(8(3-6)12-13-11)15-7-4-14-5-7/h1-3,7H,4-5H2. The Hall–Kier alpha value is -1.78. The topological polar surface area (TPSA) is 67.2 Å². The maximum absolute atomic E-state index is 12.8. The maximum Gasteiger partial charge on any atom is 0.145 e. The molecule has 0 atom stereocenters. The molecule has 0 bridgehead atoms. The normalized spacial score (nSPS) is 15.3. The summed E-state index contributed by atoms with van der Waals surface area (Å²) in [6, 6.07) is 3.83. The number of hydrogen-bond donors (Lipinski definition) is 0. The largest absolute Gasteiger partial charge is 0.485 e. The van der Waals surface area contributed by atoms with Crippen LogP contribution in [0.4, 0.5) is 10.1 Å². The summed E-state index contributed by atoms with van der Waals surface area (Å²) < 4.78 is 23.2. The monoisotopic (exact) mass is 209 g/mol. The SMILES string of the molecule is [N-]=[N+]=Nc1cc(F)ccc1OC1COC1. The van der Waals surface area contributed by atoms with E-state index in [1.807, 2.05) is 0 Å². The molecule has 1 fully saturated rings. The minimum absolute atomic E-state index is 0.0388. The van der Waals surface area contributed by atoms with E-state index >= 15 is 0 Å². The number of halogens is 1. The number of hydrogen-bond acceptors (Lipinski definition) is 3. The van der Waals surface area contributed by atoms with Crippen LogP contribution in [0.25, 0.3) is 10.4 Å². The molecule has 0 aromatic heterocycles. The van der Waals surface area contributed by atoms with Crippen molar-refractivity contribution < 1.29 is 13.9 Å². The lowest BCUT2D eigenvalue weighted by molar-refractivity contribution is -0.0794. The Kier molecular flexibility index (Phi) is 2.71. The molecule has 0 spiro atoms. The molecule has 2 rings (SSSR count). The Labute approximate surface area is 85.0 Å². The minimum Gasteiger partial charge on any atom is -0.485 e. The van der Waals surface area contributed by atoms with E-state index in [1.54, 1.807) is 0 Å². The second-order valence-corrected chi connectivity index (χ2v) is 3.08. The number of rotatable bonds is 3. The van der Waals surface area contributed by atoms with Crippen LogP contribution >= 0.6 is 0 Å². The molecule has 15 heavy (non-hydrogen) atoms. The highest BCUT2D eigenvalue weighted by Crippen LogP contribution is 2.30. The van der Waals surface area contributed by atoms with E-state index < -0.39 is 5.82 Å². The van der Waals surface area contributed by atoms with Crippen LogP contribution < -0.4 is 4.74 Å². The van der Waals surface area contributed by atoms with E-state index in [0.29, 0.717) is 19.0 Å². The Balaban J connectivity index is 2.23. The van der Waals surface area contributed by atoms with Gasteiger partial charge in [-0.15, -0.1) is 0 Å². The van der Waals surface area contributed by atoms with Crippen LogP contribution in [0.5, 0.6) is 5.75 Å². The number of azide groups is 1. The number of nitrogens with zero attached hydrogens (tertiary/aromatic N) is 3. The van der Waals surface area contributed by atoms with Gasteiger partial charge in [0.2, 0.25) is 0 Å². The zero-order chi connectivity index (χ0) is 10.7. The summed E-state index contributed by atoms with van der Waals surface area (Å²) in [5, 5.41) is 3.35. The Bertz CT molecular complexity index is 414. The Morgan fingerprint density at radius 3 is 2.93 bits per heavy atom. The predicted molar refractivity (Wildman–Crippen MR) is 50.4 cm³/mol. The second kappa shape index (κ2) is 4.16. The smallest absolute Gasteiger partial charge is 0.145 e. The van der Waals surface area contributed by atoms with Gasteiger partial charge in [-0.3, -0.25) is 0 Å². The Morgan fingerprint density at radius 2 is 2.33 bits per heavy atom. The summed E-state index contributed by atoms with van der Waals surface area (Å²) in [5.74, 6) is -0.0860. The lowest BCUT2D eigenvalue weighted by atomic mass is 10.2. The summed E-state index contributed by atoms with van der Waals surface area (Å²) >= 11 is 0. The molecule has 1 heterocycles. The van der Waals surface area contributed by atoms with Crippen molar-refractivity contribution >= 4 is 5.69 Å². The van der Waals surface area contributed by atoms with Crippen molar-refractivity contribution in [1.82, 2.24) is 0 Å². The zero-order valence-corrected chi connectivity index (χ0v) is 7.76. The van der Waals surface area contributed by atoms with Crippen molar-refractivity contribution in [2.75, 3.05) is 13.2 Å².